The van der Waals surface area contributed by atoms with Gasteiger partial charge >= 0.3 is 0 Å². The second-order valence-corrected chi connectivity index (χ2v) is 5.42. The van der Waals surface area contributed by atoms with E-state index in [1.807, 2.05) is 0 Å². The predicted octanol–water partition coefficient (Wildman–Crippen LogP) is 4.86. The molecule has 5 heteroatoms. The van der Waals surface area contributed by atoms with E-state index in [2.05, 4.69) is 13.2 Å². The van der Waals surface area contributed by atoms with E-state index in [1.54, 1.807) is 42.5 Å². The third kappa shape index (κ3) is 5.31. The SMILES string of the molecule is C=CCOc1cc(OC)c(C(=O)/C=C/c2ccccc2F)c(OCC=C)c1. The van der Waals surface area contributed by atoms with Gasteiger partial charge in [-0.25, -0.2) is 4.39 Å². The summed E-state index contributed by atoms with van der Waals surface area (Å²) in [5, 5.41) is 0. The molecule has 0 bridgehead atoms. The maximum Gasteiger partial charge on any atom is 0.193 e. The molecule has 0 atom stereocenters. The van der Waals surface area contributed by atoms with Crippen LogP contribution in [0.1, 0.15) is 15.9 Å². The Morgan fingerprint density at radius 3 is 2.41 bits per heavy atom. The number of methoxy groups -OCH3 is 1. The van der Waals surface area contributed by atoms with E-state index in [0.717, 1.165) is 0 Å². The van der Waals surface area contributed by atoms with E-state index in [-0.39, 0.29) is 23.7 Å². The molecule has 140 valence electrons. The van der Waals surface area contributed by atoms with Crippen molar-refractivity contribution in [2.45, 2.75) is 0 Å². The lowest BCUT2D eigenvalue weighted by molar-refractivity contribution is 0.104. The van der Waals surface area contributed by atoms with Crippen molar-refractivity contribution >= 4 is 11.9 Å². The number of halogens is 1. The van der Waals surface area contributed by atoms with Crippen LogP contribution < -0.4 is 14.2 Å². The highest BCUT2D eigenvalue weighted by atomic mass is 19.1. The minimum absolute atomic E-state index is 0.200. The summed E-state index contributed by atoms with van der Waals surface area (Å²) in [6.45, 7) is 7.71. The Balaban J connectivity index is 2.42. The normalized spacial score (nSPS) is 10.4. The Kier molecular flexibility index (Phi) is 7.37. The second-order valence-electron chi connectivity index (χ2n) is 5.42. The summed E-state index contributed by atoms with van der Waals surface area (Å²) in [5.74, 6) is 0.255. The molecule has 2 aromatic rings. The van der Waals surface area contributed by atoms with E-state index in [0.29, 0.717) is 23.7 Å². The molecule has 0 aliphatic carbocycles. The Morgan fingerprint density at radius 2 is 1.74 bits per heavy atom. The topological polar surface area (TPSA) is 44.8 Å². The zero-order valence-electron chi connectivity index (χ0n) is 15.1. The van der Waals surface area contributed by atoms with Crippen molar-refractivity contribution in [1.29, 1.82) is 0 Å². The Bertz CT molecular complexity index is 855. The third-order valence-corrected chi connectivity index (χ3v) is 3.55. The first kappa shape index (κ1) is 20.0. The quantitative estimate of drug-likeness (QED) is 0.341. The molecule has 0 spiro atoms. The van der Waals surface area contributed by atoms with Crippen LogP contribution in [0.2, 0.25) is 0 Å². The number of allylic oxidation sites excluding steroid dienone is 1. The first-order valence-electron chi connectivity index (χ1n) is 8.27. The Morgan fingerprint density at radius 1 is 1.07 bits per heavy atom. The minimum atomic E-state index is -0.412. The second kappa shape index (κ2) is 9.97. The molecule has 0 radical (unpaired) electrons. The highest BCUT2D eigenvalue weighted by Gasteiger charge is 2.19. The molecule has 0 unspecified atom stereocenters. The van der Waals surface area contributed by atoms with Crippen LogP contribution >= 0.6 is 0 Å². The number of carbonyl (C=O) groups excluding carboxylic acids is 1. The molecule has 0 aliphatic heterocycles. The van der Waals surface area contributed by atoms with Gasteiger partial charge in [-0.2, -0.15) is 0 Å². The van der Waals surface area contributed by atoms with Gasteiger partial charge in [0.05, 0.1) is 7.11 Å². The largest absolute Gasteiger partial charge is 0.496 e. The summed E-state index contributed by atoms with van der Waals surface area (Å²) in [7, 11) is 1.45. The van der Waals surface area contributed by atoms with Crippen LogP contribution in [0, 0.1) is 5.82 Å². The van der Waals surface area contributed by atoms with Gasteiger partial charge in [-0.15, -0.1) is 0 Å². The molecule has 0 fully saturated rings. The number of ether oxygens (including phenoxy) is 3. The van der Waals surface area contributed by atoms with Gasteiger partial charge in [0, 0.05) is 17.7 Å². The highest BCUT2D eigenvalue weighted by molar-refractivity contribution is 6.10. The van der Waals surface area contributed by atoms with Crippen molar-refractivity contribution in [2.24, 2.45) is 0 Å². The summed E-state index contributed by atoms with van der Waals surface area (Å²) in [5.41, 5.74) is 0.530. The van der Waals surface area contributed by atoms with E-state index in [9.17, 15) is 9.18 Å². The summed E-state index contributed by atoms with van der Waals surface area (Å²) >= 11 is 0. The van der Waals surface area contributed by atoms with E-state index >= 15 is 0 Å². The predicted molar refractivity (Wildman–Crippen MR) is 104 cm³/mol. The number of carbonyl (C=O) groups is 1. The molecule has 0 amide bonds. The van der Waals surface area contributed by atoms with Gasteiger partial charge in [0.15, 0.2) is 5.78 Å². The fraction of sp³-hybridized carbons (Fsp3) is 0.136. The average molecular weight is 368 g/mol. The van der Waals surface area contributed by atoms with Crippen LogP contribution in [0.3, 0.4) is 0 Å². The third-order valence-electron chi connectivity index (χ3n) is 3.55. The van der Waals surface area contributed by atoms with E-state index in [4.69, 9.17) is 14.2 Å². The zero-order valence-corrected chi connectivity index (χ0v) is 15.1. The fourth-order valence-corrected chi connectivity index (χ4v) is 2.33. The lowest BCUT2D eigenvalue weighted by Gasteiger charge is -2.15. The molecule has 0 heterocycles. The van der Waals surface area contributed by atoms with Crippen LogP contribution in [0.25, 0.3) is 6.08 Å². The van der Waals surface area contributed by atoms with Crippen LogP contribution in [-0.4, -0.2) is 26.1 Å². The number of hydrogen-bond acceptors (Lipinski definition) is 4. The monoisotopic (exact) mass is 368 g/mol. The highest BCUT2D eigenvalue weighted by Crippen LogP contribution is 2.35. The maximum absolute atomic E-state index is 13.8. The lowest BCUT2D eigenvalue weighted by atomic mass is 10.1. The number of rotatable bonds is 10. The first-order chi connectivity index (χ1) is 13.1. The molecular formula is C22H21FO4. The minimum Gasteiger partial charge on any atom is -0.496 e. The summed E-state index contributed by atoms with van der Waals surface area (Å²) in [6.07, 6.45) is 5.86. The summed E-state index contributed by atoms with van der Waals surface area (Å²) < 4.78 is 30.2. The molecule has 0 aromatic heterocycles. The lowest BCUT2D eigenvalue weighted by Crippen LogP contribution is -2.06. The summed E-state index contributed by atoms with van der Waals surface area (Å²) in [4.78, 5) is 12.8. The van der Waals surface area contributed by atoms with Gasteiger partial charge < -0.3 is 14.2 Å². The standard InChI is InChI=1S/C22H21FO4/c1-4-12-26-17-14-20(25-3)22(21(15-17)27-13-5-2)19(24)11-10-16-8-6-7-9-18(16)23/h4-11,14-15H,1-2,12-13H2,3H3/b11-10+. The van der Waals surface area contributed by atoms with Gasteiger partial charge in [-0.1, -0.05) is 43.5 Å². The smallest absolute Gasteiger partial charge is 0.193 e. The van der Waals surface area contributed by atoms with Crippen molar-refractivity contribution in [3.8, 4) is 17.2 Å². The van der Waals surface area contributed by atoms with Crippen LogP contribution in [0.4, 0.5) is 4.39 Å². The maximum atomic E-state index is 13.8. The Hall–Kier alpha value is -3.34. The zero-order chi connectivity index (χ0) is 19.6. The van der Waals surface area contributed by atoms with Crippen molar-refractivity contribution in [3.05, 3.63) is 84.7 Å². The average Bonchev–Trinajstić information content (AvgIpc) is 2.69. The van der Waals surface area contributed by atoms with E-state index < -0.39 is 5.82 Å². The van der Waals surface area contributed by atoms with Crippen molar-refractivity contribution < 1.29 is 23.4 Å². The number of hydrogen-bond donors (Lipinski definition) is 0. The molecule has 2 rings (SSSR count). The fourth-order valence-electron chi connectivity index (χ4n) is 2.33. The number of ketones is 1. The van der Waals surface area contributed by atoms with Gasteiger partial charge in [0.1, 0.15) is 41.8 Å². The van der Waals surface area contributed by atoms with Crippen molar-refractivity contribution in [2.75, 3.05) is 20.3 Å². The van der Waals surface area contributed by atoms with Crippen molar-refractivity contribution in [3.63, 3.8) is 0 Å². The molecule has 0 N–H and O–H groups in total. The van der Waals surface area contributed by atoms with Gasteiger partial charge in [-0.3, -0.25) is 4.79 Å². The molecule has 27 heavy (non-hydrogen) atoms. The van der Waals surface area contributed by atoms with E-state index in [1.165, 1.54) is 25.3 Å². The first-order valence-corrected chi connectivity index (χ1v) is 8.27. The van der Waals surface area contributed by atoms with Crippen molar-refractivity contribution in [1.82, 2.24) is 0 Å². The molecule has 0 aliphatic rings. The molecule has 0 saturated carbocycles. The number of benzene rings is 2. The molecular weight excluding hydrogens is 347 g/mol. The molecule has 0 saturated heterocycles. The molecule has 4 nitrogen and oxygen atoms in total. The van der Waals surface area contributed by atoms with Crippen LogP contribution in [-0.2, 0) is 0 Å². The Labute approximate surface area is 158 Å². The van der Waals surface area contributed by atoms with Crippen LogP contribution in [0.15, 0.2) is 67.8 Å². The molecule has 2 aromatic carbocycles. The van der Waals surface area contributed by atoms with Crippen LogP contribution in [0.5, 0.6) is 17.2 Å². The van der Waals surface area contributed by atoms with Gasteiger partial charge in [-0.05, 0) is 18.2 Å². The van der Waals surface area contributed by atoms with Gasteiger partial charge in [0.25, 0.3) is 0 Å². The summed E-state index contributed by atoms with van der Waals surface area (Å²) in [6, 6.07) is 9.37. The van der Waals surface area contributed by atoms with Gasteiger partial charge in [0.2, 0.25) is 0 Å².